The van der Waals surface area contributed by atoms with Gasteiger partial charge in [0.1, 0.15) is 0 Å². The summed E-state index contributed by atoms with van der Waals surface area (Å²) < 4.78 is 0. The van der Waals surface area contributed by atoms with Gasteiger partial charge in [0.25, 0.3) is 0 Å². The summed E-state index contributed by atoms with van der Waals surface area (Å²) in [7, 11) is 0. The molecule has 0 saturated carbocycles. The Hall–Kier alpha value is -0.340. The second-order valence-electron chi connectivity index (χ2n) is 4.40. The summed E-state index contributed by atoms with van der Waals surface area (Å²) in [5.41, 5.74) is 12.7. The lowest BCUT2D eigenvalue weighted by Gasteiger charge is -2.36. The molecule has 1 rings (SSSR count). The van der Waals surface area contributed by atoms with E-state index in [4.69, 9.17) is 11.5 Å². The maximum atomic E-state index is 6.02. The third-order valence-electron chi connectivity index (χ3n) is 2.59. The molecule has 0 fully saturated rings. The molecule has 0 bridgehead atoms. The molecule has 1 aliphatic rings. The Bertz CT molecular complexity index is 192. The summed E-state index contributed by atoms with van der Waals surface area (Å²) in [6.45, 7) is 6.49. The van der Waals surface area contributed by atoms with Gasteiger partial charge in [0, 0.05) is 0 Å². The van der Waals surface area contributed by atoms with Crippen molar-refractivity contribution in [3.8, 4) is 0 Å². The van der Waals surface area contributed by atoms with E-state index < -0.39 is 5.66 Å². The molecule has 1 atom stereocenters. The van der Waals surface area contributed by atoms with E-state index in [1.165, 1.54) is 5.57 Å². The second kappa shape index (κ2) is 3.19. The SMILES string of the molecule is CC1CC=C(C(C)C)C(N)(N)C1. The fraction of sp³-hybridized carbons (Fsp3) is 0.800. The predicted octanol–water partition coefficient (Wildman–Crippen LogP) is 1.61. The van der Waals surface area contributed by atoms with Gasteiger partial charge in [-0.15, -0.1) is 0 Å². The Morgan fingerprint density at radius 1 is 1.50 bits per heavy atom. The van der Waals surface area contributed by atoms with Gasteiger partial charge < -0.3 is 11.5 Å². The fourth-order valence-electron chi connectivity index (χ4n) is 2.07. The molecule has 0 amide bonds. The average Bonchev–Trinajstić information content (AvgIpc) is 1.82. The van der Waals surface area contributed by atoms with Crippen LogP contribution in [0, 0.1) is 11.8 Å². The van der Waals surface area contributed by atoms with Crippen molar-refractivity contribution in [1.82, 2.24) is 0 Å². The summed E-state index contributed by atoms with van der Waals surface area (Å²) in [6, 6.07) is 0. The van der Waals surface area contributed by atoms with Crippen molar-refractivity contribution in [3.63, 3.8) is 0 Å². The van der Waals surface area contributed by atoms with Crippen molar-refractivity contribution >= 4 is 0 Å². The minimum absolute atomic E-state index is 0.479. The lowest BCUT2D eigenvalue weighted by atomic mass is 9.78. The van der Waals surface area contributed by atoms with Gasteiger partial charge in [-0.25, -0.2) is 0 Å². The van der Waals surface area contributed by atoms with E-state index in [9.17, 15) is 0 Å². The first-order valence-corrected chi connectivity index (χ1v) is 4.72. The molecule has 0 saturated heterocycles. The van der Waals surface area contributed by atoms with E-state index in [1.54, 1.807) is 0 Å². The topological polar surface area (TPSA) is 52.0 Å². The van der Waals surface area contributed by atoms with Crippen LogP contribution in [0.25, 0.3) is 0 Å². The number of nitrogens with two attached hydrogens (primary N) is 2. The summed E-state index contributed by atoms with van der Waals surface area (Å²) in [4.78, 5) is 0. The molecular weight excluding hydrogens is 148 g/mol. The second-order valence-corrected chi connectivity index (χ2v) is 4.40. The summed E-state index contributed by atoms with van der Waals surface area (Å²) in [5, 5.41) is 0. The highest BCUT2D eigenvalue weighted by molar-refractivity contribution is 5.22. The van der Waals surface area contributed by atoms with Crippen LogP contribution in [0.5, 0.6) is 0 Å². The summed E-state index contributed by atoms with van der Waals surface area (Å²) >= 11 is 0. The van der Waals surface area contributed by atoms with Crippen LogP contribution in [0.15, 0.2) is 11.6 Å². The molecule has 4 N–H and O–H groups in total. The Balaban J connectivity index is 2.84. The Morgan fingerprint density at radius 2 is 2.08 bits per heavy atom. The van der Waals surface area contributed by atoms with Gasteiger partial charge in [0.05, 0.1) is 5.66 Å². The van der Waals surface area contributed by atoms with E-state index in [-0.39, 0.29) is 0 Å². The van der Waals surface area contributed by atoms with Crippen LogP contribution in [0.1, 0.15) is 33.6 Å². The molecule has 1 unspecified atom stereocenters. The first-order valence-electron chi connectivity index (χ1n) is 4.72. The minimum atomic E-state index is -0.550. The zero-order valence-electron chi connectivity index (χ0n) is 8.30. The molecular formula is C10H20N2. The van der Waals surface area contributed by atoms with Crippen molar-refractivity contribution in [2.75, 3.05) is 0 Å². The van der Waals surface area contributed by atoms with Gasteiger partial charge in [0.15, 0.2) is 0 Å². The number of allylic oxidation sites excluding steroid dienone is 1. The summed E-state index contributed by atoms with van der Waals surface area (Å²) in [6.07, 6.45) is 4.26. The Labute approximate surface area is 75.0 Å². The largest absolute Gasteiger partial charge is 0.310 e. The molecule has 2 nitrogen and oxygen atoms in total. The molecule has 70 valence electrons. The lowest BCUT2D eigenvalue weighted by molar-refractivity contribution is 0.338. The normalized spacial score (nSPS) is 28.8. The number of hydrogen-bond donors (Lipinski definition) is 2. The van der Waals surface area contributed by atoms with Crippen LogP contribution in [0.2, 0.25) is 0 Å². The van der Waals surface area contributed by atoms with Crippen LogP contribution < -0.4 is 11.5 Å². The van der Waals surface area contributed by atoms with Crippen molar-refractivity contribution in [2.24, 2.45) is 23.3 Å². The predicted molar refractivity (Wildman–Crippen MR) is 52.4 cm³/mol. The zero-order valence-corrected chi connectivity index (χ0v) is 8.30. The minimum Gasteiger partial charge on any atom is -0.310 e. The van der Waals surface area contributed by atoms with Crippen LogP contribution >= 0.6 is 0 Å². The average molecular weight is 168 g/mol. The molecule has 0 aromatic rings. The van der Waals surface area contributed by atoms with Gasteiger partial charge >= 0.3 is 0 Å². The van der Waals surface area contributed by atoms with Gasteiger partial charge in [-0.3, -0.25) is 0 Å². The van der Waals surface area contributed by atoms with Crippen molar-refractivity contribution in [3.05, 3.63) is 11.6 Å². The van der Waals surface area contributed by atoms with E-state index in [2.05, 4.69) is 26.8 Å². The molecule has 0 aromatic carbocycles. The summed E-state index contributed by atoms with van der Waals surface area (Å²) in [5.74, 6) is 1.11. The number of rotatable bonds is 1. The van der Waals surface area contributed by atoms with Crippen LogP contribution in [0.3, 0.4) is 0 Å². The zero-order chi connectivity index (χ0) is 9.35. The molecule has 12 heavy (non-hydrogen) atoms. The highest BCUT2D eigenvalue weighted by Gasteiger charge is 2.31. The molecule has 1 aliphatic carbocycles. The Morgan fingerprint density at radius 3 is 2.50 bits per heavy atom. The monoisotopic (exact) mass is 168 g/mol. The molecule has 2 heteroatoms. The van der Waals surface area contributed by atoms with E-state index in [0.29, 0.717) is 11.8 Å². The third kappa shape index (κ3) is 1.87. The maximum absolute atomic E-state index is 6.02. The Kier molecular flexibility index (Phi) is 2.59. The first-order chi connectivity index (χ1) is 5.43. The molecule has 0 heterocycles. The molecule has 0 aliphatic heterocycles. The van der Waals surface area contributed by atoms with Crippen molar-refractivity contribution in [1.29, 1.82) is 0 Å². The quantitative estimate of drug-likeness (QED) is 0.461. The third-order valence-corrected chi connectivity index (χ3v) is 2.59. The van der Waals surface area contributed by atoms with Crippen LogP contribution in [-0.2, 0) is 0 Å². The first kappa shape index (κ1) is 9.75. The fourth-order valence-corrected chi connectivity index (χ4v) is 2.07. The molecule has 0 spiro atoms. The smallest absolute Gasteiger partial charge is 0.0863 e. The van der Waals surface area contributed by atoms with Crippen LogP contribution in [0.4, 0.5) is 0 Å². The van der Waals surface area contributed by atoms with E-state index in [1.807, 2.05) is 0 Å². The molecule has 0 radical (unpaired) electrons. The molecule has 0 aromatic heterocycles. The highest BCUT2D eigenvalue weighted by atomic mass is 15.0. The van der Waals surface area contributed by atoms with Gasteiger partial charge in [-0.05, 0) is 30.3 Å². The van der Waals surface area contributed by atoms with Gasteiger partial charge in [-0.2, -0.15) is 0 Å². The van der Waals surface area contributed by atoms with E-state index >= 15 is 0 Å². The lowest BCUT2D eigenvalue weighted by Crippen LogP contribution is -2.54. The highest BCUT2D eigenvalue weighted by Crippen LogP contribution is 2.31. The van der Waals surface area contributed by atoms with E-state index in [0.717, 1.165) is 12.8 Å². The van der Waals surface area contributed by atoms with Crippen molar-refractivity contribution in [2.45, 2.75) is 39.3 Å². The van der Waals surface area contributed by atoms with Gasteiger partial charge in [-0.1, -0.05) is 26.8 Å². The van der Waals surface area contributed by atoms with Gasteiger partial charge in [0.2, 0.25) is 0 Å². The van der Waals surface area contributed by atoms with Crippen molar-refractivity contribution < 1.29 is 0 Å². The standard InChI is InChI=1S/C10H20N2/c1-7(2)9-5-4-8(3)6-10(9,11)12/h5,7-8H,4,6,11-12H2,1-3H3. The maximum Gasteiger partial charge on any atom is 0.0863 e. The number of hydrogen-bond acceptors (Lipinski definition) is 2. The van der Waals surface area contributed by atoms with Crippen LogP contribution in [-0.4, -0.2) is 5.66 Å².